The third-order valence-electron chi connectivity index (χ3n) is 3.61. The Morgan fingerprint density at radius 1 is 1.60 bits per heavy atom. The van der Waals surface area contributed by atoms with Crippen molar-refractivity contribution in [2.75, 3.05) is 0 Å². The Hall–Kier alpha value is -1.10. The fraction of sp³-hybridized carbons (Fsp3) is 0.800. The molecule has 1 aliphatic carbocycles. The molecule has 1 heterocycles. The molecule has 0 aromatic heterocycles. The Bertz CT molecular complexity index is 299. The number of rotatable bonds is 3. The quantitative estimate of drug-likeness (QED) is 0.572. The average molecular weight is 211 g/mol. The highest BCUT2D eigenvalue weighted by atomic mass is 16.2. The van der Waals surface area contributed by atoms with E-state index in [1.165, 1.54) is 6.42 Å². The molecule has 15 heavy (non-hydrogen) atoms. The zero-order chi connectivity index (χ0) is 11.1. The zero-order valence-electron chi connectivity index (χ0n) is 8.66. The lowest BCUT2D eigenvalue weighted by molar-refractivity contribution is -0.124. The minimum absolute atomic E-state index is 0.0269. The van der Waals surface area contributed by atoms with Crippen LogP contribution >= 0.6 is 0 Å². The average Bonchev–Trinajstić information content (AvgIpc) is 2.43. The molecule has 2 fully saturated rings. The van der Waals surface area contributed by atoms with E-state index in [1.54, 1.807) is 0 Å². The van der Waals surface area contributed by atoms with Crippen LogP contribution in [-0.4, -0.2) is 23.4 Å². The van der Waals surface area contributed by atoms with E-state index in [4.69, 9.17) is 11.5 Å². The zero-order valence-corrected chi connectivity index (χ0v) is 8.66. The summed E-state index contributed by atoms with van der Waals surface area (Å²) >= 11 is 0. The maximum atomic E-state index is 11.6. The molecule has 5 heteroatoms. The SMILES string of the molecule is NC(=O)[C@@H](N)CC1CC2(CCC2)NC1=O. The molecule has 0 bridgehead atoms. The number of hydrogen-bond acceptors (Lipinski definition) is 3. The number of carbonyl (C=O) groups is 2. The Balaban J connectivity index is 1.93. The molecule has 1 spiro atoms. The fourth-order valence-electron chi connectivity index (χ4n) is 2.52. The van der Waals surface area contributed by atoms with Gasteiger partial charge in [-0.1, -0.05) is 0 Å². The number of amides is 2. The van der Waals surface area contributed by atoms with E-state index in [0.29, 0.717) is 6.42 Å². The van der Waals surface area contributed by atoms with Gasteiger partial charge in [0.15, 0.2) is 0 Å². The summed E-state index contributed by atoms with van der Waals surface area (Å²) in [6.45, 7) is 0. The van der Waals surface area contributed by atoms with E-state index < -0.39 is 11.9 Å². The summed E-state index contributed by atoms with van der Waals surface area (Å²) in [5.41, 5.74) is 10.7. The van der Waals surface area contributed by atoms with Crippen molar-refractivity contribution < 1.29 is 9.59 Å². The first kappa shape index (κ1) is 10.4. The predicted molar refractivity (Wildman–Crippen MR) is 54.6 cm³/mol. The number of hydrogen-bond donors (Lipinski definition) is 3. The number of nitrogens with one attached hydrogen (secondary N) is 1. The van der Waals surface area contributed by atoms with Crippen molar-refractivity contribution in [2.24, 2.45) is 17.4 Å². The van der Waals surface area contributed by atoms with Crippen molar-refractivity contribution in [3.05, 3.63) is 0 Å². The van der Waals surface area contributed by atoms with Crippen molar-refractivity contribution in [3.8, 4) is 0 Å². The molecule has 2 rings (SSSR count). The lowest BCUT2D eigenvalue weighted by atomic mass is 9.74. The van der Waals surface area contributed by atoms with Crippen LogP contribution in [0.2, 0.25) is 0 Å². The molecule has 2 amide bonds. The van der Waals surface area contributed by atoms with Crippen LogP contribution in [0.15, 0.2) is 0 Å². The monoisotopic (exact) mass is 211 g/mol. The van der Waals surface area contributed by atoms with Gasteiger partial charge in [-0.2, -0.15) is 0 Å². The van der Waals surface area contributed by atoms with Gasteiger partial charge in [-0.25, -0.2) is 0 Å². The third-order valence-corrected chi connectivity index (χ3v) is 3.61. The Labute approximate surface area is 88.6 Å². The number of nitrogens with two attached hydrogens (primary N) is 2. The Morgan fingerprint density at radius 3 is 2.67 bits per heavy atom. The van der Waals surface area contributed by atoms with Gasteiger partial charge in [-0.3, -0.25) is 9.59 Å². The van der Waals surface area contributed by atoms with Gasteiger partial charge in [0.25, 0.3) is 0 Å². The third kappa shape index (κ3) is 1.84. The van der Waals surface area contributed by atoms with E-state index in [2.05, 4.69) is 5.32 Å². The second kappa shape index (κ2) is 3.48. The molecule has 2 atom stereocenters. The van der Waals surface area contributed by atoms with E-state index >= 15 is 0 Å². The molecular weight excluding hydrogens is 194 g/mol. The summed E-state index contributed by atoms with van der Waals surface area (Å²) in [4.78, 5) is 22.4. The molecule has 1 saturated heterocycles. The van der Waals surface area contributed by atoms with E-state index in [0.717, 1.165) is 19.3 Å². The van der Waals surface area contributed by atoms with Crippen molar-refractivity contribution in [1.29, 1.82) is 0 Å². The predicted octanol–water partition coefficient (Wildman–Crippen LogP) is -0.752. The van der Waals surface area contributed by atoms with Gasteiger partial charge < -0.3 is 16.8 Å². The highest BCUT2D eigenvalue weighted by Gasteiger charge is 2.48. The Kier molecular flexibility index (Phi) is 2.42. The fourth-order valence-corrected chi connectivity index (χ4v) is 2.52. The van der Waals surface area contributed by atoms with Gasteiger partial charge in [0, 0.05) is 11.5 Å². The van der Waals surface area contributed by atoms with Crippen LogP contribution in [0.1, 0.15) is 32.1 Å². The summed E-state index contributed by atoms with van der Waals surface area (Å²) in [6.07, 6.45) is 4.48. The first-order valence-corrected chi connectivity index (χ1v) is 5.39. The van der Waals surface area contributed by atoms with Crippen LogP contribution in [0.25, 0.3) is 0 Å². The molecule has 0 aromatic rings. The van der Waals surface area contributed by atoms with Crippen molar-refractivity contribution in [3.63, 3.8) is 0 Å². The van der Waals surface area contributed by atoms with E-state index in [1.807, 2.05) is 0 Å². The van der Waals surface area contributed by atoms with Crippen LogP contribution in [-0.2, 0) is 9.59 Å². The lowest BCUT2D eigenvalue weighted by Gasteiger charge is -2.38. The highest BCUT2D eigenvalue weighted by molar-refractivity contribution is 5.84. The first-order valence-electron chi connectivity index (χ1n) is 5.39. The molecule has 1 saturated carbocycles. The van der Waals surface area contributed by atoms with Crippen molar-refractivity contribution in [1.82, 2.24) is 5.32 Å². The lowest BCUT2D eigenvalue weighted by Crippen LogP contribution is -2.47. The minimum Gasteiger partial charge on any atom is -0.368 e. The van der Waals surface area contributed by atoms with Gasteiger partial charge in [-0.05, 0) is 32.1 Å². The van der Waals surface area contributed by atoms with Crippen LogP contribution < -0.4 is 16.8 Å². The maximum absolute atomic E-state index is 11.6. The molecule has 1 unspecified atom stereocenters. The minimum atomic E-state index is -0.698. The van der Waals surface area contributed by atoms with Gasteiger partial charge in [-0.15, -0.1) is 0 Å². The van der Waals surface area contributed by atoms with Gasteiger partial charge in [0.1, 0.15) is 0 Å². The molecule has 1 aliphatic heterocycles. The van der Waals surface area contributed by atoms with Crippen LogP contribution in [0.5, 0.6) is 0 Å². The largest absolute Gasteiger partial charge is 0.368 e. The summed E-state index contributed by atoms with van der Waals surface area (Å²) in [5, 5.41) is 3.01. The summed E-state index contributed by atoms with van der Waals surface area (Å²) in [6, 6.07) is -0.698. The molecule has 84 valence electrons. The van der Waals surface area contributed by atoms with Gasteiger partial charge >= 0.3 is 0 Å². The molecule has 5 nitrogen and oxygen atoms in total. The van der Waals surface area contributed by atoms with E-state index in [-0.39, 0.29) is 17.4 Å². The van der Waals surface area contributed by atoms with Crippen LogP contribution in [0.3, 0.4) is 0 Å². The van der Waals surface area contributed by atoms with Crippen molar-refractivity contribution in [2.45, 2.75) is 43.7 Å². The van der Waals surface area contributed by atoms with Gasteiger partial charge in [0.05, 0.1) is 6.04 Å². The summed E-state index contributed by atoms with van der Waals surface area (Å²) < 4.78 is 0. The first-order chi connectivity index (χ1) is 7.02. The Morgan fingerprint density at radius 2 is 2.27 bits per heavy atom. The molecule has 2 aliphatic rings. The normalized spacial score (nSPS) is 29.7. The van der Waals surface area contributed by atoms with Crippen LogP contribution in [0.4, 0.5) is 0 Å². The molecule has 5 N–H and O–H groups in total. The number of primary amides is 1. The highest BCUT2D eigenvalue weighted by Crippen LogP contribution is 2.42. The standard InChI is InChI=1S/C10H17N3O2/c11-7(8(12)14)4-6-5-10(2-1-3-10)13-9(6)15/h6-7H,1-5,11H2,(H2,12,14)(H,13,15)/t6?,7-/m0/s1. The van der Waals surface area contributed by atoms with E-state index in [9.17, 15) is 9.59 Å². The van der Waals surface area contributed by atoms with Crippen LogP contribution in [0, 0.1) is 5.92 Å². The topological polar surface area (TPSA) is 98.2 Å². The maximum Gasteiger partial charge on any atom is 0.234 e. The summed E-state index contributed by atoms with van der Waals surface area (Å²) in [5.74, 6) is -0.628. The molecule has 0 radical (unpaired) electrons. The molecule has 0 aromatic carbocycles. The smallest absolute Gasteiger partial charge is 0.234 e. The second-order valence-corrected chi connectivity index (χ2v) is 4.77. The summed E-state index contributed by atoms with van der Waals surface area (Å²) in [7, 11) is 0. The second-order valence-electron chi connectivity index (χ2n) is 4.77. The molecular formula is C10H17N3O2. The number of carbonyl (C=O) groups excluding carboxylic acids is 2. The van der Waals surface area contributed by atoms with Gasteiger partial charge in [0.2, 0.25) is 11.8 Å². The van der Waals surface area contributed by atoms with Crippen molar-refractivity contribution >= 4 is 11.8 Å².